The third kappa shape index (κ3) is 2.06. The van der Waals surface area contributed by atoms with Crippen molar-refractivity contribution < 1.29 is 9.53 Å². The molecule has 0 atom stereocenters. The maximum Gasteiger partial charge on any atom is 0.355 e. The van der Waals surface area contributed by atoms with Gasteiger partial charge < -0.3 is 9.72 Å². The SMILES string of the molecule is CCOC(=O)c1[nH]cc2c1CCCCC2. The number of rotatable bonds is 2. The normalized spacial score (nSPS) is 15.5. The van der Waals surface area contributed by atoms with Gasteiger partial charge in [-0.15, -0.1) is 0 Å². The van der Waals surface area contributed by atoms with Crippen LogP contribution in [0.1, 0.15) is 47.8 Å². The van der Waals surface area contributed by atoms with Crippen LogP contribution < -0.4 is 0 Å². The minimum Gasteiger partial charge on any atom is -0.461 e. The Bertz CT molecular complexity index is 355. The van der Waals surface area contributed by atoms with Gasteiger partial charge in [0.05, 0.1) is 6.61 Å². The first-order valence-corrected chi connectivity index (χ1v) is 5.69. The second-order valence-electron chi connectivity index (χ2n) is 3.95. The number of carbonyl (C=O) groups excluding carboxylic acids is 1. The number of H-pyrrole nitrogens is 1. The lowest BCUT2D eigenvalue weighted by molar-refractivity contribution is 0.0519. The average molecular weight is 207 g/mol. The quantitative estimate of drug-likeness (QED) is 0.598. The van der Waals surface area contributed by atoms with Crippen LogP contribution in [0.5, 0.6) is 0 Å². The molecule has 0 spiro atoms. The molecule has 1 aliphatic carbocycles. The second-order valence-corrected chi connectivity index (χ2v) is 3.95. The molecule has 0 unspecified atom stereocenters. The molecule has 0 saturated heterocycles. The van der Waals surface area contributed by atoms with Crippen LogP contribution in [0, 0.1) is 0 Å². The molecule has 15 heavy (non-hydrogen) atoms. The summed E-state index contributed by atoms with van der Waals surface area (Å²) in [4.78, 5) is 14.7. The van der Waals surface area contributed by atoms with Gasteiger partial charge in [-0.3, -0.25) is 0 Å². The van der Waals surface area contributed by atoms with E-state index in [1.807, 2.05) is 13.1 Å². The molecule has 3 heteroatoms. The number of ether oxygens (including phenoxy) is 1. The summed E-state index contributed by atoms with van der Waals surface area (Å²) in [5.41, 5.74) is 3.16. The highest BCUT2D eigenvalue weighted by Crippen LogP contribution is 2.23. The van der Waals surface area contributed by atoms with Crippen molar-refractivity contribution in [1.29, 1.82) is 0 Å². The highest BCUT2D eigenvalue weighted by molar-refractivity contribution is 5.89. The van der Waals surface area contributed by atoms with Gasteiger partial charge in [-0.1, -0.05) is 6.42 Å². The summed E-state index contributed by atoms with van der Waals surface area (Å²) in [6.07, 6.45) is 7.73. The first-order chi connectivity index (χ1) is 7.33. The van der Waals surface area contributed by atoms with Crippen LogP contribution in [0.2, 0.25) is 0 Å². The molecule has 0 radical (unpaired) electrons. The van der Waals surface area contributed by atoms with Crippen LogP contribution in [-0.4, -0.2) is 17.6 Å². The fourth-order valence-corrected chi connectivity index (χ4v) is 2.18. The maximum atomic E-state index is 11.6. The predicted octanol–water partition coefficient (Wildman–Crippen LogP) is 2.46. The van der Waals surface area contributed by atoms with Crippen molar-refractivity contribution in [3.05, 3.63) is 23.0 Å². The molecule has 3 nitrogen and oxygen atoms in total. The van der Waals surface area contributed by atoms with Crippen molar-refractivity contribution in [2.45, 2.75) is 39.0 Å². The lowest BCUT2D eigenvalue weighted by Crippen LogP contribution is -2.08. The van der Waals surface area contributed by atoms with Crippen molar-refractivity contribution in [3.8, 4) is 0 Å². The van der Waals surface area contributed by atoms with Gasteiger partial charge in [-0.05, 0) is 43.7 Å². The monoisotopic (exact) mass is 207 g/mol. The lowest BCUT2D eigenvalue weighted by Gasteiger charge is -2.03. The smallest absolute Gasteiger partial charge is 0.355 e. The van der Waals surface area contributed by atoms with Gasteiger partial charge in [0.1, 0.15) is 5.69 Å². The Labute approximate surface area is 89.8 Å². The van der Waals surface area contributed by atoms with Crippen LogP contribution in [0.15, 0.2) is 6.20 Å². The van der Waals surface area contributed by atoms with Crippen LogP contribution in [-0.2, 0) is 17.6 Å². The molecule has 1 N–H and O–H groups in total. The summed E-state index contributed by atoms with van der Waals surface area (Å²) in [5.74, 6) is -0.208. The standard InChI is InChI=1S/C12H17NO2/c1-2-15-12(14)11-10-7-5-3-4-6-9(10)8-13-11/h8,13H,2-7H2,1H3. The van der Waals surface area contributed by atoms with Gasteiger partial charge in [0.25, 0.3) is 0 Å². The van der Waals surface area contributed by atoms with E-state index in [1.165, 1.54) is 30.4 Å². The topological polar surface area (TPSA) is 42.1 Å². The Morgan fingerprint density at radius 2 is 2.20 bits per heavy atom. The summed E-state index contributed by atoms with van der Waals surface area (Å²) < 4.78 is 5.02. The molecular weight excluding hydrogens is 190 g/mol. The Morgan fingerprint density at radius 1 is 1.40 bits per heavy atom. The van der Waals surface area contributed by atoms with Gasteiger partial charge >= 0.3 is 5.97 Å². The van der Waals surface area contributed by atoms with Crippen molar-refractivity contribution >= 4 is 5.97 Å². The van der Waals surface area contributed by atoms with Gasteiger partial charge in [-0.2, -0.15) is 0 Å². The highest BCUT2D eigenvalue weighted by atomic mass is 16.5. The Hall–Kier alpha value is -1.25. The number of nitrogens with one attached hydrogen (secondary N) is 1. The predicted molar refractivity (Wildman–Crippen MR) is 58.0 cm³/mol. The van der Waals surface area contributed by atoms with Gasteiger partial charge in [-0.25, -0.2) is 4.79 Å². The largest absolute Gasteiger partial charge is 0.461 e. The molecule has 82 valence electrons. The Morgan fingerprint density at radius 3 is 3.00 bits per heavy atom. The van der Waals surface area contributed by atoms with E-state index in [9.17, 15) is 4.79 Å². The molecule has 0 amide bonds. The number of aromatic nitrogens is 1. The first kappa shape index (κ1) is 10.3. The molecule has 0 saturated carbocycles. The van der Waals surface area contributed by atoms with Crippen molar-refractivity contribution in [2.24, 2.45) is 0 Å². The third-order valence-corrected chi connectivity index (χ3v) is 2.93. The third-order valence-electron chi connectivity index (χ3n) is 2.93. The first-order valence-electron chi connectivity index (χ1n) is 5.69. The number of esters is 1. The van der Waals surface area contributed by atoms with E-state index in [4.69, 9.17) is 4.74 Å². The zero-order valence-corrected chi connectivity index (χ0v) is 9.14. The number of fused-ring (bicyclic) bond motifs is 1. The van der Waals surface area contributed by atoms with E-state index in [2.05, 4.69) is 4.98 Å². The molecule has 0 aromatic carbocycles. The van der Waals surface area contributed by atoms with Crippen molar-refractivity contribution in [3.63, 3.8) is 0 Å². The molecule has 0 bridgehead atoms. The van der Waals surface area contributed by atoms with Gasteiger partial charge in [0.15, 0.2) is 0 Å². The van der Waals surface area contributed by atoms with Crippen LogP contribution in [0.3, 0.4) is 0 Å². The summed E-state index contributed by atoms with van der Waals surface area (Å²) in [5, 5.41) is 0. The molecule has 0 fully saturated rings. The zero-order valence-electron chi connectivity index (χ0n) is 9.14. The number of aryl methyl sites for hydroxylation is 1. The molecular formula is C12H17NO2. The molecule has 1 aliphatic rings. The highest BCUT2D eigenvalue weighted by Gasteiger charge is 2.19. The lowest BCUT2D eigenvalue weighted by atomic mass is 10.1. The number of hydrogen-bond acceptors (Lipinski definition) is 2. The molecule has 1 aromatic rings. The van der Waals surface area contributed by atoms with E-state index in [0.717, 1.165) is 12.8 Å². The van der Waals surface area contributed by atoms with Crippen molar-refractivity contribution in [2.75, 3.05) is 6.61 Å². The van der Waals surface area contributed by atoms with Crippen LogP contribution in [0.4, 0.5) is 0 Å². The Balaban J connectivity index is 2.25. The number of aromatic amines is 1. The summed E-state index contributed by atoms with van der Waals surface area (Å²) in [6.45, 7) is 2.27. The van der Waals surface area contributed by atoms with E-state index in [0.29, 0.717) is 12.3 Å². The summed E-state index contributed by atoms with van der Waals surface area (Å²) in [6, 6.07) is 0. The van der Waals surface area contributed by atoms with Gasteiger partial charge in [0.2, 0.25) is 0 Å². The molecule has 1 aromatic heterocycles. The Kier molecular flexibility index (Phi) is 3.09. The van der Waals surface area contributed by atoms with Crippen LogP contribution in [0.25, 0.3) is 0 Å². The van der Waals surface area contributed by atoms with E-state index in [1.54, 1.807) is 0 Å². The zero-order chi connectivity index (χ0) is 10.7. The van der Waals surface area contributed by atoms with Gasteiger partial charge in [0, 0.05) is 6.20 Å². The summed E-state index contributed by atoms with van der Waals surface area (Å²) >= 11 is 0. The second kappa shape index (κ2) is 4.51. The molecule has 0 aliphatic heterocycles. The average Bonchev–Trinajstić information content (AvgIpc) is 2.48. The maximum absolute atomic E-state index is 11.6. The summed E-state index contributed by atoms with van der Waals surface area (Å²) in [7, 11) is 0. The molecule has 2 rings (SSSR count). The van der Waals surface area contributed by atoms with E-state index in [-0.39, 0.29) is 5.97 Å². The fourth-order valence-electron chi connectivity index (χ4n) is 2.18. The molecule has 1 heterocycles. The number of carbonyl (C=O) groups is 1. The minimum atomic E-state index is -0.208. The van der Waals surface area contributed by atoms with Crippen LogP contribution >= 0.6 is 0 Å². The van der Waals surface area contributed by atoms with Crippen molar-refractivity contribution in [1.82, 2.24) is 4.98 Å². The van der Waals surface area contributed by atoms with E-state index < -0.39 is 0 Å². The number of hydrogen-bond donors (Lipinski definition) is 1. The van der Waals surface area contributed by atoms with E-state index >= 15 is 0 Å². The fraction of sp³-hybridized carbons (Fsp3) is 0.583. The minimum absolute atomic E-state index is 0.208.